The minimum atomic E-state index is -2.49. The van der Waals surface area contributed by atoms with Crippen molar-refractivity contribution in [1.82, 2.24) is 10.3 Å². The van der Waals surface area contributed by atoms with Crippen LogP contribution in [0, 0.1) is 0 Å². The number of carbonyl (C=O) groups is 1. The maximum absolute atomic E-state index is 11.8. The Balaban J connectivity index is 2.29. The highest BCUT2D eigenvalue weighted by Crippen LogP contribution is 2.05. The van der Waals surface area contributed by atoms with Gasteiger partial charge in [0, 0.05) is 13.1 Å². The van der Waals surface area contributed by atoms with E-state index in [4.69, 9.17) is 0 Å². The number of nitrogens with one attached hydrogen (secondary N) is 2. The van der Waals surface area contributed by atoms with Gasteiger partial charge in [-0.1, -0.05) is 0 Å². The van der Waals surface area contributed by atoms with Gasteiger partial charge in [-0.15, -0.1) is 0 Å². The molecule has 2 N–H and O–H groups in total. The van der Waals surface area contributed by atoms with Crippen molar-refractivity contribution < 1.29 is 18.3 Å². The van der Waals surface area contributed by atoms with Gasteiger partial charge < -0.3 is 15.4 Å². The van der Waals surface area contributed by atoms with Crippen LogP contribution in [0.15, 0.2) is 18.3 Å². The van der Waals surface area contributed by atoms with Gasteiger partial charge in [-0.25, -0.2) is 13.8 Å². The van der Waals surface area contributed by atoms with E-state index < -0.39 is 13.0 Å². The zero-order chi connectivity index (χ0) is 14.1. The van der Waals surface area contributed by atoms with Crippen LogP contribution in [-0.2, 0) is 4.74 Å². The molecular formula is C12H17F2N3O2. The molecule has 7 heteroatoms. The quantitative estimate of drug-likeness (QED) is 0.705. The van der Waals surface area contributed by atoms with Crippen LogP contribution in [0.3, 0.4) is 0 Å². The largest absolute Gasteiger partial charge is 0.384 e. The molecule has 0 aromatic carbocycles. The number of amides is 1. The maximum Gasteiger partial charge on any atom is 0.269 e. The molecule has 1 aromatic heterocycles. The second-order valence-corrected chi connectivity index (χ2v) is 3.68. The topological polar surface area (TPSA) is 63.2 Å². The van der Waals surface area contributed by atoms with E-state index >= 15 is 0 Å². The predicted molar refractivity (Wildman–Crippen MR) is 67.6 cm³/mol. The van der Waals surface area contributed by atoms with E-state index in [0.717, 1.165) is 12.2 Å². The fourth-order valence-electron chi connectivity index (χ4n) is 1.34. The molecule has 0 atom stereocenters. The molecule has 19 heavy (non-hydrogen) atoms. The summed E-state index contributed by atoms with van der Waals surface area (Å²) >= 11 is 0. The van der Waals surface area contributed by atoms with Crippen molar-refractivity contribution in [2.24, 2.45) is 0 Å². The van der Waals surface area contributed by atoms with Gasteiger partial charge in [-0.3, -0.25) is 4.79 Å². The zero-order valence-corrected chi connectivity index (χ0v) is 10.7. The van der Waals surface area contributed by atoms with Gasteiger partial charge in [0.15, 0.2) is 0 Å². The lowest BCUT2D eigenvalue weighted by Crippen LogP contribution is -2.28. The van der Waals surface area contributed by atoms with Gasteiger partial charge in [0.25, 0.3) is 12.3 Å². The first-order valence-corrected chi connectivity index (χ1v) is 5.97. The van der Waals surface area contributed by atoms with Crippen molar-refractivity contribution in [2.75, 3.05) is 31.6 Å². The third-order valence-electron chi connectivity index (χ3n) is 2.15. The molecule has 0 aliphatic carbocycles. The highest BCUT2D eigenvalue weighted by molar-refractivity contribution is 5.92. The monoisotopic (exact) mass is 273 g/mol. The van der Waals surface area contributed by atoms with E-state index in [0.29, 0.717) is 0 Å². The molecule has 106 valence electrons. The first-order valence-electron chi connectivity index (χ1n) is 5.97. The zero-order valence-electron chi connectivity index (χ0n) is 10.7. The Morgan fingerprint density at radius 2 is 2.26 bits per heavy atom. The summed E-state index contributed by atoms with van der Waals surface area (Å²) in [4.78, 5) is 15.6. The van der Waals surface area contributed by atoms with Crippen molar-refractivity contribution in [3.8, 4) is 0 Å². The highest BCUT2D eigenvalue weighted by Gasteiger charge is 2.06. The van der Waals surface area contributed by atoms with Crippen molar-refractivity contribution in [1.29, 1.82) is 0 Å². The number of anilines is 1. The average molecular weight is 273 g/mol. The summed E-state index contributed by atoms with van der Waals surface area (Å²) in [5.74, 6) is -0.358. The lowest BCUT2D eigenvalue weighted by molar-refractivity contribution is 0.0188. The van der Waals surface area contributed by atoms with E-state index in [-0.39, 0.29) is 24.8 Å². The number of hydrogen-bond acceptors (Lipinski definition) is 4. The molecule has 0 spiro atoms. The fraction of sp³-hybridized carbons (Fsp3) is 0.500. The lowest BCUT2D eigenvalue weighted by Gasteiger charge is -2.06. The normalized spacial score (nSPS) is 10.5. The number of carbonyl (C=O) groups excluding carboxylic acids is 1. The Morgan fingerprint density at radius 1 is 1.47 bits per heavy atom. The number of pyridine rings is 1. The maximum atomic E-state index is 11.8. The van der Waals surface area contributed by atoms with E-state index in [9.17, 15) is 13.6 Å². The van der Waals surface area contributed by atoms with E-state index in [1.165, 1.54) is 0 Å². The number of alkyl halides is 2. The molecule has 0 saturated heterocycles. The minimum Gasteiger partial charge on any atom is -0.384 e. The van der Waals surface area contributed by atoms with Crippen molar-refractivity contribution >= 4 is 11.6 Å². The smallest absolute Gasteiger partial charge is 0.269 e. The molecule has 0 unspecified atom stereocenters. The number of hydrogen-bond donors (Lipinski definition) is 2. The van der Waals surface area contributed by atoms with Gasteiger partial charge in [-0.05, 0) is 19.1 Å². The molecule has 0 aliphatic rings. The molecule has 0 aliphatic heterocycles. The number of nitrogens with zero attached hydrogens (tertiary/aromatic N) is 1. The summed E-state index contributed by atoms with van der Waals surface area (Å²) in [7, 11) is 0. The van der Waals surface area contributed by atoms with Crippen LogP contribution in [0.5, 0.6) is 0 Å². The molecule has 5 nitrogen and oxygen atoms in total. The first-order chi connectivity index (χ1) is 9.13. The Labute approximate surface area is 110 Å². The summed E-state index contributed by atoms with van der Waals surface area (Å²) in [6, 6.07) is 3.34. The molecule has 1 amide bonds. The van der Waals surface area contributed by atoms with E-state index in [2.05, 4.69) is 20.4 Å². The van der Waals surface area contributed by atoms with Crippen LogP contribution in [-0.4, -0.2) is 43.6 Å². The number of halogens is 2. The minimum absolute atomic E-state index is 0.0472. The second-order valence-electron chi connectivity index (χ2n) is 3.68. The third-order valence-corrected chi connectivity index (χ3v) is 2.15. The number of ether oxygens (including phenoxy) is 1. The first kappa shape index (κ1) is 15.3. The Bertz CT molecular complexity index is 385. The summed E-state index contributed by atoms with van der Waals surface area (Å²) in [6.07, 6.45) is -0.929. The molecule has 1 heterocycles. The van der Waals surface area contributed by atoms with Crippen LogP contribution in [0.1, 0.15) is 17.4 Å². The molecule has 1 aromatic rings. The van der Waals surface area contributed by atoms with Crippen LogP contribution >= 0.6 is 0 Å². The number of rotatable bonds is 8. The molecule has 1 rings (SSSR count). The Hall–Kier alpha value is -1.76. The SMILES string of the molecule is CCNc1ccc(C(=O)NCCOCC(F)F)nc1. The van der Waals surface area contributed by atoms with Crippen LogP contribution in [0.4, 0.5) is 14.5 Å². The van der Waals surface area contributed by atoms with E-state index in [1.54, 1.807) is 18.3 Å². The summed E-state index contributed by atoms with van der Waals surface area (Å²) in [5.41, 5.74) is 1.11. The molecule has 0 saturated carbocycles. The second kappa shape index (κ2) is 8.36. The van der Waals surface area contributed by atoms with Crippen molar-refractivity contribution in [3.05, 3.63) is 24.0 Å². The third kappa shape index (κ3) is 6.10. The lowest BCUT2D eigenvalue weighted by atomic mass is 10.3. The standard InChI is InChI=1S/C12H17F2N3O2/c1-2-15-9-3-4-10(17-7-9)12(18)16-5-6-19-8-11(13)14/h3-4,7,11,15H,2,5-6,8H2,1H3,(H,16,18). The summed E-state index contributed by atoms with van der Waals surface area (Å²) in [5, 5.41) is 5.59. The van der Waals surface area contributed by atoms with Crippen LogP contribution < -0.4 is 10.6 Å². The van der Waals surface area contributed by atoms with E-state index in [1.807, 2.05) is 6.92 Å². The van der Waals surface area contributed by atoms with Crippen molar-refractivity contribution in [3.63, 3.8) is 0 Å². The molecule has 0 radical (unpaired) electrons. The predicted octanol–water partition coefficient (Wildman–Crippen LogP) is 1.52. The summed E-state index contributed by atoms with van der Waals surface area (Å²) < 4.78 is 28.2. The fourth-order valence-corrected chi connectivity index (χ4v) is 1.34. The van der Waals surface area contributed by atoms with Gasteiger partial charge in [0.05, 0.1) is 18.5 Å². The number of aromatic nitrogens is 1. The molecular weight excluding hydrogens is 256 g/mol. The molecule has 0 fully saturated rings. The van der Waals surface area contributed by atoms with Gasteiger partial charge in [0.2, 0.25) is 0 Å². The average Bonchev–Trinajstić information content (AvgIpc) is 2.39. The van der Waals surface area contributed by atoms with Crippen LogP contribution in [0.2, 0.25) is 0 Å². The molecule has 0 bridgehead atoms. The Morgan fingerprint density at radius 3 is 2.84 bits per heavy atom. The van der Waals surface area contributed by atoms with Gasteiger partial charge in [0.1, 0.15) is 12.3 Å². The van der Waals surface area contributed by atoms with Gasteiger partial charge >= 0.3 is 0 Å². The van der Waals surface area contributed by atoms with Crippen molar-refractivity contribution in [2.45, 2.75) is 13.3 Å². The highest BCUT2D eigenvalue weighted by atomic mass is 19.3. The van der Waals surface area contributed by atoms with Crippen LogP contribution in [0.25, 0.3) is 0 Å². The summed E-state index contributed by atoms with van der Waals surface area (Å²) in [6.45, 7) is 2.33. The van der Waals surface area contributed by atoms with Gasteiger partial charge in [-0.2, -0.15) is 0 Å². The Kier molecular flexibility index (Phi) is 6.73.